The highest BCUT2D eigenvalue weighted by Crippen LogP contribution is 2.39. The molecule has 1 aromatic carbocycles. The molecule has 1 atom stereocenters. The van der Waals surface area contributed by atoms with Crippen molar-refractivity contribution in [1.82, 2.24) is 4.57 Å². The van der Waals surface area contributed by atoms with Crippen molar-refractivity contribution in [1.29, 1.82) is 0 Å². The van der Waals surface area contributed by atoms with Crippen molar-refractivity contribution in [3.8, 4) is 0 Å². The molecule has 1 aromatic heterocycles. The molecule has 0 saturated heterocycles. The van der Waals surface area contributed by atoms with E-state index in [9.17, 15) is 18.0 Å². The van der Waals surface area contributed by atoms with Crippen LogP contribution < -0.4 is 0 Å². The fraction of sp³-hybridized carbons (Fsp3) is 0.400. The molecule has 0 radical (unpaired) electrons. The molecule has 0 bridgehead atoms. The van der Waals surface area contributed by atoms with Gasteiger partial charge in [-0.05, 0) is 37.1 Å². The first kappa shape index (κ1) is 19.4. The first-order valence-corrected chi connectivity index (χ1v) is 10.6. The van der Waals surface area contributed by atoms with E-state index in [1.807, 2.05) is 17.7 Å². The van der Waals surface area contributed by atoms with Gasteiger partial charge in [0.2, 0.25) is 0 Å². The van der Waals surface area contributed by atoms with Gasteiger partial charge in [0.1, 0.15) is 0 Å². The van der Waals surface area contributed by atoms with E-state index in [0.29, 0.717) is 25.1 Å². The molecule has 144 valence electrons. The molecule has 0 spiro atoms. The highest BCUT2D eigenvalue weighted by atomic mass is 32.2. The van der Waals surface area contributed by atoms with Gasteiger partial charge in [0, 0.05) is 24.0 Å². The summed E-state index contributed by atoms with van der Waals surface area (Å²) in [6, 6.07) is 9.49. The van der Waals surface area contributed by atoms with E-state index in [4.69, 9.17) is 4.74 Å². The van der Waals surface area contributed by atoms with Crippen molar-refractivity contribution in [2.45, 2.75) is 43.0 Å². The Bertz CT molecular complexity index is 976. The van der Waals surface area contributed by atoms with Crippen molar-refractivity contribution in [2.75, 3.05) is 12.9 Å². The van der Waals surface area contributed by atoms with Crippen LogP contribution in [0.1, 0.15) is 42.2 Å². The van der Waals surface area contributed by atoms with Crippen molar-refractivity contribution in [2.24, 2.45) is 0 Å². The van der Waals surface area contributed by atoms with Gasteiger partial charge in [-0.2, -0.15) is 0 Å². The number of carbonyl (C=O) groups excluding carboxylic acids is 2. The Labute approximate surface area is 159 Å². The number of ether oxygens (including phenoxy) is 1. The zero-order valence-corrected chi connectivity index (χ0v) is 16.3. The third-order valence-electron chi connectivity index (χ3n) is 5.14. The lowest BCUT2D eigenvalue weighted by Gasteiger charge is -2.24. The second-order valence-corrected chi connectivity index (χ2v) is 8.87. The van der Waals surface area contributed by atoms with Gasteiger partial charge in [0.15, 0.2) is 21.0 Å². The molecule has 0 saturated carbocycles. The number of unbranched alkanes of at least 4 members (excludes halogenated alkanes) is 1. The van der Waals surface area contributed by atoms with Crippen LogP contribution in [-0.4, -0.2) is 37.6 Å². The van der Waals surface area contributed by atoms with Crippen LogP contribution in [-0.2, 0) is 31.3 Å². The number of aromatic nitrogens is 1. The summed E-state index contributed by atoms with van der Waals surface area (Å²) >= 11 is 0. The third-order valence-corrected chi connectivity index (χ3v) is 6.94. The van der Waals surface area contributed by atoms with Crippen LogP contribution in [0.3, 0.4) is 0 Å². The fourth-order valence-corrected chi connectivity index (χ4v) is 5.14. The number of carbonyl (C=O) groups is 2. The van der Waals surface area contributed by atoms with E-state index in [2.05, 4.69) is 0 Å². The summed E-state index contributed by atoms with van der Waals surface area (Å²) in [5.41, 5.74) is -0.657. The molecule has 1 unspecified atom stereocenters. The lowest BCUT2D eigenvalue weighted by atomic mass is 9.76. The summed E-state index contributed by atoms with van der Waals surface area (Å²) in [6.07, 6.45) is 3.43. The molecule has 0 amide bonds. The Morgan fingerprint density at radius 1 is 1.22 bits per heavy atom. The summed E-state index contributed by atoms with van der Waals surface area (Å²) in [6.45, 7) is 2.45. The molecule has 2 heterocycles. The van der Waals surface area contributed by atoms with Crippen LogP contribution in [0.2, 0.25) is 0 Å². The van der Waals surface area contributed by atoms with Crippen molar-refractivity contribution >= 4 is 21.6 Å². The first-order chi connectivity index (χ1) is 12.9. The number of benzene rings is 1. The lowest BCUT2D eigenvalue weighted by Crippen LogP contribution is -2.43. The summed E-state index contributed by atoms with van der Waals surface area (Å²) < 4.78 is 31.8. The van der Waals surface area contributed by atoms with Crippen LogP contribution in [0, 0.1) is 0 Å². The number of ketones is 1. The van der Waals surface area contributed by atoms with Crippen molar-refractivity contribution < 1.29 is 22.7 Å². The smallest absolute Gasteiger partial charge is 0.325 e. The SMILES string of the molecule is CCCCS(=O)(=O)c1cccc(C(=O)C2(C(=O)OC)CCn3cccc32)c1. The molecular formula is C20H23NO5S. The number of rotatable bonds is 7. The number of fused-ring (bicyclic) bond motifs is 1. The zero-order chi connectivity index (χ0) is 19.7. The molecule has 0 fully saturated rings. The lowest BCUT2D eigenvalue weighted by molar-refractivity contribution is -0.145. The number of Topliss-reactive ketones (excluding diaryl/α,β-unsaturated/α-hetero) is 1. The minimum absolute atomic E-state index is 0.0339. The van der Waals surface area contributed by atoms with Gasteiger partial charge in [-0.15, -0.1) is 0 Å². The highest BCUT2D eigenvalue weighted by molar-refractivity contribution is 7.91. The van der Waals surface area contributed by atoms with Gasteiger partial charge in [0.05, 0.1) is 17.8 Å². The second kappa shape index (κ2) is 7.31. The highest BCUT2D eigenvalue weighted by Gasteiger charge is 2.53. The maximum atomic E-state index is 13.4. The van der Waals surface area contributed by atoms with Gasteiger partial charge in [0.25, 0.3) is 0 Å². The zero-order valence-electron chi connectivity index (χ0n) is 15.5. The fourth-order valence-electron chi connectivity index (χ4n) is 3.65. The van der Waals surface area contributed by atoms with E-state index in [-0.39, 0.29) is 16.2 Å². The summed E-state index contributed by atoms with van der Waals surface area (Å²) in [5.74, 6) is -1.02. The molecule has 27 heavy (non-hydrogen) atoms. The molecule has 7 heteroatoms. The Balaban J connectivity index is 2.05. The number of hydrogen-bond donors (Lipinski definition) is 0. The number of sulfone groups is 1. The molecule has 0 N–H and O–H groups in total. The predicted molar refractivity (Wildman–Crippen MR) is 100 cm³/mol. The van der Waals surface area contributed by atoms with Crippen LogP contribution in [0.25, 0.3) is 0 Å². The Hall–Kier alpha value is -2.41. The number of esters is 1. The maximum Gasteiger partial charge on any atom is 0.325 e. The Morgan fingerprint density at radius 3 is 2.70 bits per heavy atom. The molecule has 6 nitrogen and oxygen atoms in total. The van der Waals surface area contributed by atoms with E-state index < -0.39 is 27.0 Å². The normalized spacial score (nSPS) is 18.9. The molecule has 1 aliphatic heterocycles. The van der Waals surface area contributed by atoms with E-state index >= 15 is 0 Å². The largest absolute Gasteiger partial charge is 0.468 e. The van der Waals surface area contributed by atoms with Crippen LogP contribution in [0.5, 0.6) is 0 Å². The van der Waals surface area contributed by atoms with Gasteiger partial charge >= 0.3 is 5.97 Å². The molecule has 1 aliphatic rings. The third kappa shape index (κ3) is 3.20. The van der Waals surface area contributed by atoms with Crippen LogP contribution >= 0.6 is 0 Å². The van der Waals surface area contributed by atoms with E-state index in [1.165, 1.54) is 19.2 Å². The Morgan fingerprint density at radius 2 is 2.00 bits per heavy atom. The second-order valence-electron chi connectivity index (χ2n) is 6.76. The van der Waals surface area contributed by atoms with Crippen molar-refractivity contribution in [3.63, 3.8) is 0 Å². The number of aryl methyl sites for hydroxylation is 1. The Kier molecular flexibility index (Phi) is 5.24. The van der Waals surface area contributed by atoms with Crippen LogP contribution in [0.4, 0.5) is 0 Å². The number of methoxy groups -OCH3 is 1. The monoisotopic (exact) mass is 389 g/mol. The van der Waals surface area contributed by atoms with Gasteiger partial charge in [-0.1, -0.05) is 25.5 Å². The quantitative estimate of drug-likeness (QED) is 0.413. The van der Waals surface area contributed by atoms with Crippen molar-refractivity contribution in [3.05, 3.63) is 53.9 Å². The van der Waals surface area contributed by atoms with Gasteiger partial charge in [-0.3, -0.25) is 9.59 Å². The molecular weight excluding hydrogens is 366 g/mol. The van der Waals surface area contributed by atoms with Gasteiger partial charge in [-0.25, -0.2) is 8.42 Å². The minimum atomic E-state index is -3.47. The maximum absolute atomic E-state index is 13.4. The summed E-state index contributed by atoms with van der Waals surface area (Å²) in [4.78, 5) is 26.2. The van der Waals surface area contributed by atoms with Crippen LogP contribution in [0.15, 0.2) is 47.5 Å². The van der Waals surface area contributed by atoms with E-state index in [0.717, 1.165) is 6.42 Å². The summed E-state index contributed by atoms with van der Waals surface area (Å²) in [7, 11) is -2.21. The topological polar surface area (TPSA) is 82.4 Å². The van der Waals surface area contributed by atoms with Gasteiger partial charge < -0.3 is 9.30 Å². The average Bonchev–Trinajstić information content (AvgIpc) is 3.28. The average molecular weight is 389 g/mol. The number of nitrogens with zero attached hydrogens (tertiary/aromatic N) is 1. The molecule has 3 rings (SSSR count). The first-order valence-electron chi connectivity index (χ1n) is 8.98. The standard InChI is InChI=1S/C20H23NO5S/c1-3-4-13-27(24,25)16-8-5-7-15(14-16)18(22)20(19(23)26-2)10-12-21-11-6-9-17(20)21/h5-9,11,14H,3-4,10,12-13H2,1-2H3. The predicted octanol–water partition coefficient (Wildman–Crippen LogP) is 2.76. The minimum Gasteiger partial charge on any atom is -0.468 e. The number of hydrogen-bond acceptors (Lipinski definition) is 5. The van der Waals surface area contributed by atoms with E-state index in [1.54, 1.807) is 24.3 Å². The summed E-state index contributed by atoms with van der Waals surface area (Å²) in [5, 5.41) is 0. The molecule has 2 aromatic rings. The molecule has 0 aliphatic carbocycles.